The zero-order valence-corrected chi connectivity index (χ0v) is 16.0. The van der Waals surface area contributed by atoms with Crippen LogP contribution in [0.1, 0.15) is 61.9 Å². The van der Waals surface area contributed by atoms with Gasteiger partial charge in [0.25, 0.3) is 5.91 Å². The molecule has 0 saturated carbocycles. The van der Waals surface area contributed by atoms with E-state index in [9.17, 15) is 4.79 Å². The van der Waals surface area contributed by atoms with Gasteiger partial charge in [0, 0.05) is 0 Å². The van der Waals surface area contributed by atoms with Crippen LogP contribution >= 0.6 is 0 Å². The molecule has 26 heavy (non-hydrogen) atoms. The van der Waals surface area contributed by atoms with Gasteiger partial charge in [0.2, 0.25) is 0 Å². The van der Waals surface area contributed by atoms with Crippen LogP contribution in [0.3, 0.4) is 0 Å². The van der Waals surface area contributed by atoms with Crippen LogP contribution in [0.25, 0.3) is 0 Å². The number of benzene rings is 2. The van der Waals surface area contributed by atoms with Crippen LogP contribution in [0, 0.1) is 0 Å². The summed E-state index contributed by atoms with van der Waals surface area (Å²) in [7, 11) is 0. The van der Waals surface area contributed by atoms with Gasteiger partial charge in [0.05, 0.1) is 6.04 Å². The van der Waals surface area contributed by atoms with Gasteiger partial charge in [-0.05, 0) is 74.3 Å². The second-order valence-electron chi connectivity index (χ2n) is 7.19. The van der Waals surface area contributed by atoms with Crippen molar-refractivity contribution < 1.29 is 9.53 Å². The van der Waals surface area contributed by atoms with Crippen molar-refractivity contribution in [3.63, 3.8) is 0 Å². The minimum atomic E-state index is -0.513. The molecular weight excluding hydrogens is 322 g/mol. The van der Waals surface area contributed by atoms with Gasteiger partial charge in [-0.15, -0.1) is 0 Å². The smallest absolute Gasteiger partial charge is 0.261 e. The van der Waals surface area contributed by atoms with Gasteiger partial charge in [-0.2, -0.15) is 0 Å². The van der Waals surface area contributed by atoms with E-state index in [4.69, 9.17) is 4.74 Å². The molecule has 0 heterocycles. The first-order chi connectivity index (χ1) is 12.6. The maximum Gasteiger partial charge on any atom is 0.261 e. The number of rotatable bonds is 6. The second kappa shape index (κ2) is 8.39. The number of fused-ring (bicyclic) bond motifs is 1. The highest BCUT2D eigenvalue weighted by Gasteiger charge is 2.20. The first kappa shape index (κ1) is 18.5. The third-order valence-electron chi connectivity index (χ3n) is 5.27. The van der Waals surface area contributed by atoms with Crippen LogP contribution in [0.5, 0.6) is 5.75 Å². The van der Waals surface area contributed by atoms with Crippen LogP contribution in [0.15, 0.2) is 42.5 Å². The van der Waals surface area contributed by atoms with Crippen LogP contribution < -0.4 is 10.1 Å². The van der Waals surface area contributed by atoms with Crippen LogP contribution in [0.2, 0.25) is 0 Å². The number of hydrogen-bond acceptors (Lipinski definition) is 2. The molecule has 138 valence electrons. The lowest BCUT2D eigenvalue weighted by Gasteiger charge is -2.23. The monoisotopic (exact) mass is 351 g/mol. The molecule has 3 rings (SSSR count). The maximum absolute atomic E-state index is 12.6. The van der Waals surface area contributed by atoms with Crippen LogP contribution in [-0.4, -0.2) is 12.0 Å². The summed E-state index contributed by atoms with van der Waals surface area (Å²) >= 11 is 0. The standard InChI is InChI=1S/C23H29NO2/c1-4-18-12-14-19(15-13-18)16(2)24-23(25)17(3)26-22-11-7-9-20-8-5-6-10-21(20)22/h7,9,11-17H,4-6,8,10H2,1-3H3,(H,24,25)/t16-,17+/m1/s1. The van der Waals surface area contributed by atoms with E-state index in [1.54, 1.807) is 0 Å². The molecule has 0 unspecified atom stereocenters. The Labute approximate surface area is 156 Å². The minimum absolute atomic E-state index is 0.0378. The van der Waals surface area contributed by atoms with Gasteiger partial charge in [-0.3, -0.25) is 4.79 Å². The summed E-state index contributed by atoms with van der Waals surface area (Å²) in [6, 6.07) is 14.6. The Kier molecular flexibility index (Phi) is 5.97. The van der Waals surface area contributed by atoms with Crippen molar-refractivity contribution in [1.29, 1.82) is 0 Å². The maximum atomic E-state index is 12.6. The van der Waals surface area contributed by atoms with Crippen LogP contribution in [0.4, 0.5) is 0 Å². The number of nitrogens with one attached hydrogen (secondary N) is 1. The molecule has 1 amide bonds. The second-order valence-corrected chi connectivity index (χ2v) is 7.19. The molecule has 0 radical (unpaired) electrons. The Bertz CT molecular complexity index is 751. The molecule has 0 aliphatic heterocycles. The molecule has 0 aromatic heterocycles. The van der Waals surface area contributed by atoms with Crippen molar-refractivity contribution in [1.82, 2.24) is 5.32 Å². The SMILES string of the molecule is CCc1ccc([C@@H](C)NC(=O)[C@H](C)Oc2cccc3c2CCCC3)cc1. The molecular formula is C23H29NO2. The molecule has 0 spiro atoms. The molecule has 3 nitrogen and oxygen atoms in total. The molecule has 3 heteroatoms. The average molecular weight is 351 g/mol. The highest BCUT2D eigenvalue weighted by atomic mass is 16.5. The molecule has 2 atom stereocenters. The lowest BCUT2D eigenvalue weighted by Crippen LogP contribution is -2.38. The molecule has 1 aliphatic rings. The van der Waals surface area contributed by atoms with E-state index in [0.29, 0.717) is 0 Å². The predicted octanol–water partition coefficient (Wildman–Crippen LogP) is 4.77. The van der Waals surface area contributed by atoms with Gasteiger partial charge >= 0.3 is 0 Å². The fraction of sp³-hybridized carbons (Fsp3) is 0.435. The number of carbonyl (C=O) groups is 1. The Morgan fingerprint density at radius 1 is 1.08 bits per heavy atom. The van der Waals surface area contributed by atoms with Crippen molar-refractivity contribution in [2.24, 2.45) is 0 Å². The molecule has 0 saturated heterocycles. The molecule has 0 fully saturated rings. The van der Waals surface area contributed by atoms with E-state index in [2.05, 4.69) is 42.6 Å². The summed E-state index contributed by atoms with van der Waals surface area (Å²) in [6.45, 7) is 5.97. The largest absolute Gasteiger partial charge is 0.481 e. The fourth-order valence-electron chi connectivity index (χ4n) is 3.56. The molecule has 1 N–H and O–H groups in total. The van der Waals surface area contributed by atoms with Gasteiger partial charge in [-0.25, -0.2) is 0 Å². The van der Waals surface area contributed by atoms with E-state index >= 15 is 0 Å². The molecule has 2 aromatic carbocycles. The van der Waals surface area contributed by atoms with Crippen LogP contribution in [-0.2, 0) is 24.1 Å². The number of ether oxygens (including phenoxy) is 1. The van der Waals surface area contributed by atoms with E-state index in [0.717, 1.165) is 30.6 Å². The number of carbonyl (C=O) groups excluding carboxylic acids is 1. The van der Waals surface area contributed by atoms with E-state index in [1.807, 2.05) is 26.0 Å². The third-order valence-corrected chi connectivity index (χ3v) is 5.27. The Balaban J connectivity index is 1.62. The highest BCUT2D eigenvalue weighted by molar-refractivity contribution is 5.81. The lowest BCUT2D eigenvalue weighted by atomic mass is 9.91. The summed E-state index contributed by atoms with van der Waals surface area (Å²) in [6.07, 6.45) is 5.09. The summed E-state index contributed by atoms with van der Waals surface area (Å²) in [4.78, 5) is 12.6. The number of aryl methyl sites for hydroxylation is 2. The van der Waals surface area contributed by atoms with E-state index in [-0.39, 0.29) is 11.9 Å². The van der Waals surface area contributed by atoms with E-state index in [1.165, 1.54) is 29.5 Å². The third kappa shape index (κ3) is 4.27. The van der Waals surface area contributed by atoms with Crippen molar-refractivity contribution in [2.75, 3.05) is 0 Å². The zero-order valence-electron chi connectivity index (χ0n) is 16.0. The Hall–Kier alpha value is -2.29. The van der Waals surface area contributed by atoms with Gasteiger partial charge in [0.1, 0.15) is 5.75 Å². The summed E-state index contributed by atoms with van der Waals surface area (Å²) in [5.41, 5.74) is 5.06. The normalized spacial score (nSPS) is 15.7. The fourth-order valence-corrected chi connectivity index (χ4v) is 3.56. The Morgan fingerprint density at radius 3 is 2.54 bits per heavy atom. The first-order valence-electron chi connectivity index (χ1n) is 9.75. The Morgan fingerprint density at radius 2 is 1.81 bits per heavy atom. The van der Waals surface area contributed by atoms with Crippen molar-refractivity contribution in [2.45, 2.75) is 65.0 Å². The van der Waals surface area contributed by atoms with E-state index < -0.39 is 6.10 Å². The van der Waals surface area contributed by atoms with Crippen molar-refractivity contribution in [3.8, 4) is 5.75 Å². The topological polar surface area (TPSA) is 38.3 Å². The predicted molar refractivity (Wildman–Crippen MR) is 106 cm³/mol. The van der Waals surface area contributed by atoms with Gasteiger partial charge in [-0.1, -0.05) is 43.3 Å². The zero-order chi connectivity index (χ0) is 18.5. The summed E-state index contributed by atoms with van der Waals surface area (Å²) in [5.74, 6) is 0.787. The number of hydrogen-bond donors (Lipinski definition) is 1. The lowest BCUT2D eigenvalue weighted by molar-refractivity contribution is -0.127. The molecule has 0 bridgehead atoms. The highest BCUT2D eigenvalue weighted by Crippen LogP contribution is 2.30. The van der Waals surface area contributed by atoms with Crippen molar-refractivity contribution in [3.05, 3.63) is 64.7 Å². The summed E-state index contributed by atoms with van der Waals surface area (Å²) in [5, 5.41) is 3.07. The number of amides is 1. The minimum Gasteiger partial charge on any atom is -0.481 e. The molecule has 1 aliphatic carbocycles. The van der Waals surface area contributed by atoms with Gasteiger partial charge in [0.15, 0.2) is 6.10 Å². The van der Waals surface area contributed by atoms with Gasteiger partial charge < -0.3 is 10.1 Å². The average Bonchev–Trinajstić information content (AvgIpc) is 2.68. The molecule has 2 aromatic rings. The quantitative estimate of drug-likeness (QED) is 0.814. The first-order valence-corrected chi connectivity index (χ1v) is 9.75. The summed E-state index contributed by atoms with van der Waals surface area (Å²) < 4.78 is 6.04. The van der Waals surface area contributed by atoms with Crippen molar-refractivity contribution >= 4 is 5.91 Å².